The van der Waals surface area contributed by atoms with Crippen molar-refractivity contribution in [2.45, 2.75) is 41.5 Å². The Morgan fingerprint density at radius 3 is 1.76 bits per heavy atom. The summed E-state index contributed by atoms with van der Waals surface area (Å²) in [5.41, 5.74) is 0.123. The summed E-state index contributed by atoms with van der Waals surface area (Å²) in [6.45, 7) is 11.3. The number of rotatable bonds is 0. The molecule has 0 N–H and O–H groups in total. The van der Waals surface area contributed by atoms with Gasteiger partial charge in [0.25, 0.3) is 0 Å². The third kappa shape index (κ3) is 2.68. The molecular formula is C14H19ClO2. The Balaban J connectivity index is 3.35. The minimum Gasteiger partial charge on any atom is -0.290 e. The molecule has 1 aliphatic carbocycles. The molecule has 0 saturated carbocycles. The predicted octanol–water partition coefficient (Wildman–Crippen LogP) is 3.65. The molecule has 94 valence electrons. The van der Waals surface area contributed by atoms with Crippen LogP contribution in [0.5, 0.6) is 0 Å². The molecule has 0 unspecified atom stereocenters. The van der Waals surface area contributed by atoms with E-state index in [4.69, 9.17) is 11.6 Å². The van der Waals surface area contributed by atoms with E-state index in [1.54, 1.807) is 0 Å². The topological polar surface area (TPSA) is 34.1 Å². The van der Waals surface area contributed by atoms with Gasteiger partial charge in [0.2, 0.25) is 5.78 Å². The Labute approximate surface area is 108 Å². The molecule has 1 rings (SSSR count). The minimum atomic E-state index is -0.413. The van der Waals surface area contributed by atoms with Crippen LogP contribution in [-0.2, 0) is 9.59 Å². The van der Waals surface area contributed by atoms with Gasteiger partial charge in [-0.2, -0.15) is 0 Å². The Morgan fingerprint density at radius 2 is 1.41 bits per heavy atom. The number of halogens is 1. The van der Waals surface area contributed by atoms with E-state index in [2.05, 4.69) is 0 Å². The predicted molar refractivity (Wildman–Crippen MR) is 69.9 cm³/mol. The quantitative estimate of drug-likeness (QED) is 0.619. The van der Waals surface area contributed by atoms with Gasteiger partial charge in [0, 0.05) is 11.1 Å². The van der Waals surface area contributed by atoms with E-state index in [9.17, 15) is 9.59 Å². The first-order valence-corrected chi connectivity index (χ1v) is 6.05. The highest BCUT2D eigenvalue weighted by Crippen LogP contribution is 2.39. The van der Waals surface area contributed by atoms with Crippen LogP contribution in [0.25, 0.3) is 0 Å². The zero-order valence-electron chi connectivity index (χ0n) is 11.3. The smallest absolute Gasteiger partial charge is 0.201 e. The van der Waals surface area contributed by atoms with E-state index in [1.165, 1.54) is 6.08 Å². The maximum atomic E-state index is 12.2. The van der Waals surface area contributed by atoms with Gasteiger partial charge in [-0.3, -0.25) is 9.59 Å². The molecular weight excluding hydrogens is 236 g/mol. The van der Waals surface area contributed by atoms with Gasteiger partial charge in [-0.05, 0) is 16.9 Å². The molecule has 0 aliphatic heterocycles. The number of ketones is 2. The highest BCUT2D eigenvalue weighted by molar-refractivity contribution is 6.49. The normalized spacial score (nSPS) is 18.6. The standard InChI is InChI=1S/C14H19ClO2/c1-13(2,3)8-7-9(16)10(14(4,5)6)11(15)12(8)17/h7H,1-6H3. The van der Waals surface area contributed by atoms with Crippen molar-refractivity contribution >= 4 is 23.2 Å². The van der Waals surface area contributed by atoms with Crippen LogP contribution >= 0.6 is 11.6 Å². The van der Waals surface area contributed by atoms with Crippen molar-refractivity contribution in [1.82, 2.24) is 0 Å². The third-order valence-corrected chi connectivity index (χ3v) is 3.10. The number of allylic oxidation sites excluding steroid dienone is 4. The minimum absolute atomic E-state index is 0.0786. The van der Waals surface area contributed by atoms with Gasteiger partial charge in [0.15, 0.2) is 5.78 Å². The van der Waals surface area contributed by atoms with Crippen molar-refractivity contribution in [1.29, 1.82) is 0 Å². The number of hydrogen-bond donors (Lipinski definition) is 0. The van der Waals surface area contributed by atoms with Crippen molar-refractivity contribution in [3.05, 3.63) is 22.3 Å². The highest BCUT2D eigenvalue weighted by Gasteiger charge is 2.37. The van der Waals surface area contributed by atoms with Gasteiger partial charge >= 0.3 is 0 Å². The number of hydrogen-bond acceptors (Lipinski definition) is 2. The fourth-order valence-electron chi connectivity index (χ4n) is 1.86. The Morgan fingerprint density at radius 1 is 0.941 bits per heavy atom. The first-order valence-electron chi connectivity index (χ1n) is 5.67. The fourth-order valence-corrected chi connectivity index (χ4v) is 2.34. The summed E-state index contributed by atoms with van der Waals surface area (Å²) in [5, 5.41) is 0.0786. The van der Waals surface area contributed by atoms with Crippen LogP contribution < -0.4 is 0 Å². The molecule has 0 spiro atoms. The van der Waals surface area contributed by atoms with Crippen LogP contribution in [0.3, 0.4) is 0 Å². The third-order valence-electron chi connectivity index (χ3n) is 2.74. The van der Waals surface area contributed by atoms with Gasteiger partial charge in [-0.25, -0.2) is 0 Å². The van der Waals surface area contributed by atoms with Gasteiger partial charge in [0.05, 0.1) is 5.03 Å². The Bertz CT molecular complexity index is 440. The monoisotopic (exact) mass is 254 g/mol. The van der Waals surface area contributed by atoms with E-state index < -0.39 is 5.41 Å². The van der Waals surface area contributed by atoms with E-state index in [0.717, 1.165) is 0 Å². The Kier molecular flexibility index (Phi) is 3.41. The van der Waals surface area contributed by atoms with Crippen LogP contribution in [0.4, 0.5) is 0 Å². The molecule has 17 heavy (non-hydrogen) atoms. The lowest BCUT2D eigenvalue weighted by Gasteiger charge is -2.29. The lowest BCUT2D eigenvalue weighted by molar-refractivity contribution is -0.116. The second kappa shape index (κ2) is 4.09. The molecule has 3 heteroatoms. The summed E-state index contributed by atoms with van der Waals surface area (Å²) in [4.78, 5) is 24.2. The molecule has 0 heterocycles. The van der Waals surface area contributed by atoms with Crippen molar-refractivity contribution < 1.29 is 9.59 Å². The van der Waals surface area contributed by atoms with Crippen molar-refractivity contribution in [2.24, 2.45) is 10.8 Å². The summed E-state index contributed by atoms with van der Waals surface area (Å²) < 4.78 is 0. The van der Waals surface area contributed by atoms with Crippen LogP contribution in [0.2, 0.25) is 0 Å². The molecule has 0 radical (unpaired) electrons. The van der Waals surface area contributed by atoms with Crippen molar-refractivity contribution in [3.8, 4) is 0 Å². The SMILES string of the molecule is CC(C)(C)C1=CC(=O)C(C(C)(C)C)=C(Cl)C1=O. The van der Waals surface area contributed by atoms with E-state index in [-0.39, 0.29) is 22.0 Å². The van der Waals surface area contributed by atoms with Crippen LogP contribution in [0, 0.1) is 10.8 Å². The van der Waals surface area contributed by atoms with Gasteiger partial charge < -0.3 is 0 Å². The molecule has 2 nitrogen and oxygen atoms in total. The summed E-state index contributed by atoms with van der Waals surface area (Å²) >= 11 is 6.08. The molecule has 0 saturated heterocycles. The molecule has 0 aromatic rings. The number of carbonyl (C=O) groups is 2. The maximum absolute atomic E-state index is 12.2. The number of carbonyl (C=O) groups excluding carboxylic acids is 2. The van der Waals surface area contributed by atoms with Crippen molar-refractivity contribution in [3.63, 3.8) is 0 Å². The average Bonchev–Trinajstić information content (AvgIpc) is 2.07. The second-order valence-corrected chi connectivity index (χ2v) is 6.82. The molecule has 1 aliphatic rings. The lowest BCUT2D eigenvalue weighted by Crippen LogP contribution is -2.29. The second-order valence-electron chi connectivity index (χ2n) is 6.44. The molecule has 0 atom stereocenters. The molecule has 0 aromatic heterocycles. The zero-order valence-corrected chi connectivity index (χ0v) is 12.0. The van der Waals surface area contributed by atoms with Crippen LogP contribution in [0.15, 0.2) is 22.3 Å². The van der Waals surface area contributed by atoms with E-state index >= 15 is 0 Å². The molecule has 0 amide bonds. The zero-order chi connectivity index (χ0) is 13.6. The summed E-state index contributed by atoms with van der Waals surface area (Å²) in [6.07, 6.45) is 1.44. The van der Waals surface area contributed by atoms with Gasteiger partial charge in [-0.1, -0.05) is 53.1 Å². The molecule has 0 bridgehead atoms. The van der Waals surface area contributed by atoms with Crippen LogP contribution in [0.1, 0.15) is 41.5 Å². The summed E-state index contributed by atoms with van der Waals surface area (Å²) in [6, 6.07) is 0. The fraction of sp³-hybridized carbons (Fsp3) is 0.571. The Hall–Kier alpha value is -0.890. The summed E-state index contributed by atoms with van der Waals surface area (Å²) in [7, 11) is 0. The first kappa shape index (κ1) is 14.2. The molecule has 0 aromatic carbocycles. The highest BCUT2D eigenvalue weighted by atomic mass is 35.5. The van der Waals surface area contributed by atoms with Crippen LogP contribution in [-0.4, -0.2) is 11.6 Å². The van der Waals surface area contributed by atoms with E-state index in [0.29, 0.717) is 11.1 Å². The average molecular weight is 255 g/mol. The van der Waals surface area contributed by atoms with E-state index in [1.807, 2.05) is 41.5 Å². The lowest BCUT2D eigenvalue weighted by atomic mass is 9.74. The first-order chi connectivity index (χ1) is 7.46. The number of Topliss-reactive ketones (excluding diaryl/α,β-unsaturated/α-hetero) is 1. The van der Waals surface area contributed by atoms with Gasteiger partial charge in [-0.15, -0.1) is 0 Å². The largest absolute Gasteiger partial charge is 0.290 e. The maximum Gasteiger partial charge on any atom is 0.201 e. The summed E-state index contributed by atoms with van der Waals surface area (Å²) in [5.74, 6) is -0.365. The van der Waals surface area contributed by atoms with Crippen molar-refractivity contribution in [2.75, 3.05) is 0 Å². The molecule has 0 fully saturated rings. The van der Waals surface area contributed by atoms with Gasteiger partial charge in [0.1, 0.15) is 0 Å².